The summed E-state index contributed by atoms with van der Waals surface area (Å²) >= 11 is 0. The molecular weight excluding hydrogens is 292 g/mol. The largest absolute Gasteiger partial charge is 0.394 e. The lowest BCUT2D eigenvalue weighted by Gasteiger charge is -2.14. The molecule has 2 aromatic rings. The van der Waals surface area contributed by atoms with E-state index in [9.17, 15) is 15.0 Å². The maximum Gasteiger partial charge on any atom is 0.280 e. The average Bonchev–Trinajstić information content (AvgIpc) is 2.53. The highest BCUT2D eigenvalue weighted by Gasteiger charge is 2.20. The molecule has 0 amide bonds. The number of H-pyrrole nitrogens is 1. The van der Waals surface area contributed by atoms with Gasteiger partial charge in [-0.25, -0.2) is 9.97 Å². The zero-order valence-electron chi connectivity index (χ0n) is 11.9. The lowest BCUT2D eigenvalue weighted by molar-refractivity contribution is -0.0173. The summed E-state index contributed by atoms with van der Waals surface area (Å²) in [5, 5.41) is 33.9. The molecule has 0 aliphatic heterocycles. The van der Waals surface area contributed by atoms with Gasteiger partial charge < -0.3 is 26.0 Å². The van der Waals surface area contributed by atoms with E-state index in [1.807, 2.05) is 6.92 Å². The highest BCUT2D eigenvalue weighted by molar-refractivity contribution is 5.69. The molecule has 0 bridgehead atoms. The molecule has 120 valence electrons. The van der Waals surface area contributed by atoms with Crippen LogP contribution < -0.4 is 16.2 Å². The smallest absolute Gasteiger partial charge is 0.280 e. The van der Waals surface area contributed by atoms with Gasteiger partial charge in [-0.05, 0) is 6.54 Å². The van der Waals surface area contributed by atoms with Crippen LogP contribution in [0.3, 0.4) is 0 Å². The van der Waals surface area contributed by atoms with E-state index in [1.54, 1.807) is 0 Å². The molecule has 2 atom stereocenters. The van der Waals surface area contributed by atoms with Crippen molar-refractivity contribution in [2.45, 2.75) is 19.1 Å². The molecule has 0 spiro atoms. The Hall–Kier alpha value is -2.14. The number of aliphatic hydroxyl groups excluding tert-OH is 3. The summed E-state index contributed by atoms with van der Waals surface area (Å²) in [5.41, 5.74) is -0.494. The van der Waals surface area contributed by atoms with Crippen LogP contribution >= 0.6 is 0 Å². The highest BCUT2D eigenvalue weighted by atomic mass is 16.4. The fourth-order valence-electron chi connectivity index (χ4n) is 1.73. The molecule has 0 fully saturated rings. The molecule has 0 aliphatic carbocycles. The Labute approximate surface area is 125 Å². The minimum atomic E-state index is -1.44. The number of hydrogen-bond acceptors (Lipinski definition) is 9. The molecule has 2 aromatic heterocycles. The Morgan fingerprint density at radius 3 is 2.82 bits per heavy atom. The maximum absolute atomic E-state index is 12.0. The quantitative estimate of drug-likeness (QED) is 0.253. The van der Waals surface area contributed by atoms with Gasteiger partial charge in [-0.3, -0.25) is 9.78 Å². The SMILES string of the molecule is CCNCNc1nc2ncc([C@H](O)[C@H](O)CO)nc2c(=O)[nH]1. The van der Waals surface area contributed by atoms with Gasteiger partial charge in [0.1, 0.15) is 12.2 Å². The van der Waals surface area contributed by atoms with E-state index in [-0.39, 0.29) is 22.8 Å². The fourth-order valence-corrected chi connectivity index (χ4v) is 1.73. The Morgan fingerprint density at radius 2 is 2.14 bits per heavy atom. The second kappa shape index (κ2) is 7.22. The molecule has 0 aliphatic rings. The highest BCUT2D eigenvalue weighted by Crippen LogP contribution is 2.15. The van der Waals surface area contributed by atoms with Crippen LogP contribution in [-0.2, 0) is 0 Å². The molecule has 0 saturated heterocycles. The number of fused-ring (bicyclic) bond motifs is 1. The van der Waals surface area contributed by atoms with E-state index in [4.69, 9.17) is 5.11 Å². The summed E-state index contributed by atoms with van der Waals surface area (Å²) in [7, 11) is 0. The molecule has 0 aromatic carbocycles. The molecule has 6 N–H and O–H groups in total. The van der Waals surface area contributed by atoms with Crippen LogP contribution in [0.25, 0.3) is 11.2 Å². The van der Waals surface area contributed by atoms with Crippen LogP contribution in [0.5, 0.6) is 0 Å². The Morgan fingerprint density at radius 1 is 1.36 bits per heavy atom. The number of aliphatic hydroxyl groups is 3. The first-order valence-electron chi connectivity index (χ1n) is 6.75. The summed E-state index contributed by atoms with van der Waals surface area (Å²) in [6, 6.07) is 0. The van der Waals surface area contributed by atoms with E-state index in [1.165, 1.54) is 6.20 Å². The zero-order chi connectivity index (χ0) is 16.1. The van der Waals surface area contributed by atoms with E-state index in [0.29, 0.717) is 6.67 Å². The molecule has 2 rings (SSSR count). The predicted molar refractivity (Wildman–Crippen MR) is 78.2 cm³/mol. The van der Waals surface area contributed by atoms with Gasteiger partial charge in [-0.15, -0.1) is 0 Å². The van der Waals surface area contributed by atoms with Crippen molar-refractivity contribution in [3.63, 3.8) is 0 Å². The van der Waals surface area contributed by atoms with Crippen LogP contribution in [0.15, 0.2) is 11.0 Å². The molecule has 10 nitrogen and oxygen atoms in total. The number of aromatic nitrogens is 4. The summed E-state index contributed by atoms with van der Waals surface area (Å²) in [4.78, 5) is 26.5. The molecule has 0 unspecified atom stereocenters. The van der Waals surface area contributed by atoms with Crippen molar-refractivity contribution < 1.29 is 15.3 Å². The average molecular weight is 310 g/mol. The second-order valence-electron chi connectivity index (χ2n) is 4.53. The normalized spacial score (nSPS) is 14.0. The van der Waals surface area contributed by atoms with E-state index in [0.717, 1.165) is 6.54 Å². The van der Waals surface area contributed by atoms with Crippen LogP contribution in [0.1, 0.15) is 18.7 Å². The third-order valence-electron chi connectivity index (χ3n) is 2.92. The number of nitrogens with zero attached hydrogens (tertiary/aromatic N) is 3. The Kier molecular flexibility index (Phi) is 5.33. The maximum atomic E-state index is 12.0. The van der Waals surface area contributed by atoms with Gasteiger partial charge in [0, 0.05) is 0 Å². The van der Waals surface area contributed by atoms with Crippen molar-refractivity contribution in [1.29, 1.82) is 0 Å². The third kappa shape index (κ3) is 3.54. The van der Waals surface area contributed by atoms with Gasteiger partial charge in [0.25, 0.3) is 5.56 Å². The first kappa shape index (κ1) is 16.2. The van der Waals surface area contributed by atoms with Gasteiger partial charge in [0.05, 0.1) is 25.2 Å². The van der Waals surface area contributed by atoms with Gasteiger partial charge in [0.2, 0.25) is 5.95 Å². The second-order valence-corrected chi connectivity index (χ2v) is 4.53. The topological polar surface area (TPSA) is 156 Å². The number of anilines is 1. The molecular formula is C12H18N6O4. The monoisotopic (exact) mass is 310 g/mol. The van der Waals surface area contributed by atoms with E-state index >= 15 is 0 Å². The zero-order valence-corrected chi connectivity index (χ0v) is 11.9. The number of nitrogens with one attached hydrogen (secondary N) is 3. The summed E-state index contributed by atoms with van der Waals surface area (Å²) in [6.07, 6.45) is -1.64. The van der Waals surface area contributed by atoms with Gasteiger partial charge in [0.15, 0.2) is 11.2 Å². The van der Waals surface area contributed by atoms with Crippen LogP contribution in [0.4, 0.5) is 5.95 Å². The predicted octanol–water partition coefficient (Wildman–Crippen LogP) is -1.92. The van der Waals surface area contributed by atoms with Crippen molar-refractivity contribution in [3.8, 4) is 0 Å². The summed E-state index contributed by atoms with van der Waals surface area (Å²) < 4.78 is 0. The lowest BCUT2D eigenvalue weighted by atomic mass is 10.1. The Balaban J connectivity index is 2.32. The van der Waals surface area contributed by atoms with Crippen molar-refractivity contribution in [3.05, 3.63) is 22.2 Å². The minimum absolute atomic E-state index is 0.0188. The standard InChI is InChI=1S/C12H18N6O4/c1-2-13-5-15-12-17-10-8(11(22)18-12)16-6(3-14-10)9(21)7(20)4-19/h3,7,9,13,19-21H,2,4-5H2,1H3,(H2,14,15,17,18,22)/t7-,9+/m1/s1. The third-order valence-corrected chi connectivity index (χ3v) is 2.92. The van der Waals surface area contributed by atoms with E-state index < -0.39 is 24.4 Å². The first-order valence-corrected chi connectivity index (χ1v) is 6.75. The lowest BCUT2D eigenvalue weighted by Crippen LogP contribution is -2.25. The van der Waals surface area contributed by atoms with Crippen molar-refractivity contribution in [2.24, 2.45) is 0 Å². The van der Waals surface area contributed by atoms with Gasteiger partial charge >= 0.3 is 0 Å². The molecule has 2 heterocycles. The number of aromatic amines is 1. The first-order chi connectivity index (χ1) is 10.6. The number of hydrogen-bond donors (Lipinski definition) is 6. The summed E-state index contributed by atoms with van der Waals surface area (Å²) in [5.74, 6) is 0.247. The van der Waals surface area contributed by atoms with Crippen LogP contribution in [-0.4, -0.2) is 61.2 Å². The molecule has 10 heteroatoms. The molecule has 0 saturated carbocycles. The van der Waals surface area contributed by atoms with Crippen molar-refractivity contribution >= 4 is 17.1 Å². The molecule has 22 heavy (non-hydrogen) atoms. The van der Waals surface area contributed by atoms with Crippen LogP contribution in [0, 0.1) is 0 Å². The molecule has 0 radical (unpaired) electrons. The van der Waals surface area contributed by atoms with Crippen molar-refractivity contribution in [2.75, 3.05) is 25.1 Å². The van der Waals surface area contributed by atoms with Gasteiger partial charge in [-0.1, -0.05) is 6.92 Å². The van der Waals surface area contributed by atoms with E-state index in [2.05, 4.69) is 30.6 Å². The Bertz CT molecular complexity index is 691. The van der Waals surface area contributed by atoms with Crippen LogP contribution in [0.2, 0.25) is 0 Å². The van der Waals surface area contributed by atoms with Gasteiger partial charge in [-0.2, -0.15) is 4.98 Å². The minimum Gasteiger partial charge on any atom is -0.394 e. The fraction of sp³-hybridized carbons (Fsp3) is 0.500. The number of rotatable bonds is 7. The summed E-state index contributed by atoms with van der Waals surface area (Å²) in [6.45, 7) is 2.50. The van der Waals surface area contributed by atoms with Crippen molar-refractivity contribution in [1.82, 2.24) is 25.3 Å².